The quantitative estimate of drug-likeness (QED) is 0.348. The van der Waals surface area contributed by atoms with Gasteiger partial charge in [0.05, 0.1) is 0 Å². The summed E-state index contributed by atoms with van der Waals surface area (Å²) in [5.41, 5.74) is 10.6. The number of rotatable bonds is 7. The van der Waals surface area contributed by atoms with Gasteiger partial charge in [-0.3, -0.25) is 4.99 Å². The average molecular weight is 560 g/mol. The minimum atomic E-state index is -4.99. The maximum atomic E-state index is 12.6. The van der Waals surface area contributed by atoms with Crippen LogP contribution in [0.4, 0.5) is 13.2 Å². The molecule has 7 nitrogen and oxygen atoms in total. The van der Waals surface area contributed by atoms with Gasteiger partial charge >= 0.3 is 6.36 Å². The van der Waals surface area contributed by atoms with Crippen LogP contribution in [0.25, 0.3) is 0 Å². The molecule has 5 N–H and O–H groups in total. The molecule has 0 spiro atoms. The van der Waals surface area contributed by atoms with E-state index in [-0.39, 0.29) is 43.2 Å². The molecule has 0 saturated heterocycles. The third-order valence-electron chi connectivity index (χ3n) is 4.48. The van der Waals surface area contributed by atoms with E-state index < -0.39 is 27.0 Å². The Kier molecular flexibility index (Phi) is 11.8. The fourth-order valence-corrected chi connectivity index (χ4v) is 4.84. The van der Waals surface area contributed by atoms with Gasteiger partial charge in [-0.05, 0) is 55.7 Å². The van der Waals surface area contributed by atoms with Gasteiger partial charge in [0.15, 0.2) is 5.96 Å². The number of alkyl halides is 3. The van der Waals surface area contributed by atoms with Crippen molar-refractivity contribution in [3.63, 3.8) is 0 Å². The van der Waals surface area contributed by atoms with E-state index >= 15 is 0 Å². The molecular formula is C16H24BrCl2F3N4O3S. The second-order valence-corrected chi connectivity index (χ2v) is 9.29. The molecule has 30 heavy (non-hydrogen) atoms. The van der Waals surface area contributed by atoms with Gasteiger partial charge in [0, 0.05) is 17.6 Å². The van der Waals surface area contributed by atoms with Crippen molar-refractivity contribution in [1.29, 1.82) is 0 Å². The molecule has 0 aliphatic heterocycles. The smallest absolute Gasteiger partial charge is 0.404 e. The number of hydrogen-bond acceptors (Lipinski definition) is 4. The molecule has 2 rings (SSSR count). The molecule has 0 heterocycles. The first kappa shape index (κ1) is 29.1. The van der Waals surface area contributed by atoms with E-state index in [0.29, 0.717) is 16.9 Å². The predicted molar refractivity (Wildman–Crippen MR) is 117 cm³/mol. The zero-order valence-corrected chi connectivity index (χ0v) is 19.7. The van der Waals surface area contributed by atoms with Gasteiger partial charge in [-0.15, -0.1) is 38.0 Å². The Labute approximate surface area is 194 Å². The molecule has 1 saturated carbocycles. The number of hydrogen-bond donors (Lipinski definition) is 3. The van der Waals surface area contributed by atoms with Crippen molar-refractivity contribution in [2.24, 2.45) is 28.3 Å². The molecule has 0 radical (unpaired) electrons. The summed E-state index contributed by atoms with van der Waals surface area (Å²) in [6.45, 7) is 0.673. The summed E-state index contributed by atoms with van der Waals surface area (Å²) < 4.78 is 69.4. The topological polar surface area (TPSA) is 120 Å². The molecule has 0 amide bonds. The normalized spacial score (nSPS) is 19.2. The summed E-state index contributed by atoms with van der Waals surface area (Å²) >= 11 is 3.07. The molecule has 0 unspecified atom stereocenters. The molecule has 1 aromatic rings. The van der Waals surface area contributed by atoms with E-state index in [4.69, 9.17) is 11.5 Å². The van der Waals surface area contributed by atoms with E-state index in [2.05, 4.69) is 30.4 Å². The fourth-order valence-electron chi connectivity index (χ4n) is 3.06. The first-order valence-corrected chi connectivity index (χ1v) is 10.8. The van der Waals surface area contributed by atoms with E-state index in [1.807, 2.05) is 0 Å². The molecule has 0 aromatic heterocycles. The Bertz CT molecular complexity index is 816. The highest BCUT2D eigenvalue weighted by atomic mass is 79.9. The summed E-state index contributed by atoms with van der Waals surface area (Å²) in [4.78, 5) is 3.43. The third kappa shape index (κ3) is 9.46. The zero-order chi connectivity index (χ0) is 20.9. The highest BCUT2D eigenvalue weighted by Crippen LogP contribution is 2.33. The number of nitrogens with two attached hydrogens (primary N) is 2. The number of nitrogens with zero attached hydrogens (tertiary/aromatic N) is 1. The van der Waals surface area contributed by atoms with Crippen molar-refractivity contribution in [3.8, 4) is 5.75 Å². The predicted octanol–water partition coefficient (Wildman–Crippen LogP) is 3.55. The second kappa shape index (κ2) is 12.2. The number of ether oxygens (including phenoxy) is 1. The van der Waals surface area contributed by atoms with Crippen LogP contribution in [-0.2, 0) is 10.0 Å². The van der Waals surface area contributed by atoms with Gasteiger partial charge in [-0.1, -0.05) is 15.9 Å². The molecule has 1 aliphatic carbocycles. The molecule has 1 aliphatic rings. The summed E-state index contributed by atoms with van der Waals surface area (Å²) in [7, 11) is -4.18. The molecule has 14 heteroatoms. The average Bonchev–Trinajstić information content (AvgIpc) is 2.59. The Morgan fingerprint density at radius 2 is 1.73 bits per heavy atom. The fraction of sp³-hybridized carbons (Fsp3) is 0.562. The number of aliphatic imine (C=N–C) groups is 1. The van der Waals surface area contributed by atoms with Crippen LogP contribution in [0, 0.1) is 11.8 Å². The van der Waals surface area contributed by atoms with Gasteiger partial charge in [0.1, 0.15) is 10.6 Å². The molecular weight excluding hydrogens is 536 g/mol. The van der Waals surface area contributed by atoms with Gasteiger partial charge < -0.3 is 16.2 Å². The molecule has 1 fully saturated rings. The van der Waals surface area contributed by atoms with E-state index in [0.717, 1.165) is 37.8 Å². The highest BCUT2D eigenvalue weighted by molar-refractivity contribution is 9.10. The summed E-state index contributed by atoms with van der Waals surface area (Å²) in [6, 6.07) is 3.31. The van der Waals surface area contributed by atoms with E-state index in [1.54, 1.807) is 0 Å². The van der Waals surface area contributed by atoms with Gasteiger partial charge in [0.2, 0.25) is 10.0 Å². The minimum Gasteiger partial charge on any atom is -0.404 e. The zero-order valence-electron chi connectivity index (χ0n) is 15.7. The lowest BCUT2D eigenvalue weighted by atomic mass is 9.82. The van der Waals surface area contributed by atoms with Crippen molar-refractivity contribution >= 4 is 56.7 Å². The Morgan fingerprint density at radius 1 is 1.17 bits per heavy atom. The van der Waals surface area contributed by atoms with E-state index in [1.165, 1.54) is 6.07 Å². The maximum absolute atomic E-state index is 12.6. The summed E-state index contributed by atoms with van der Waals surface area (Å²) in [5, 5.41) is 0. The van der Waals surface area contributed by atoms with Gasteiger partial charge in [0.25, 0.3) is 0 Å². The van der Waals surface area contributed by atoms with Crippen LogP contribution in [0.3, 0.4) is 0 Å². The third-order valence-corrected chi connectivity index (χ3v) is 6.42. The van der Waals surface area contributed by atoms with Crippen molar-refractivity contribution in [1.82, 2.24) is 4.72 Å². The summed E-state index contributed by atoms with van der Waals surface area (Å²) in [5.74, 6) is -0.305. The van der Waals surface area contributed by atoms with Crippen LogP contribution in [-0.4, -0.2) is 33.8 Å². The van der Waals surface area contributed by atoms with Crippen LogP contribution in [0.2, 0.25) is 0 Å². The van der Waals surface area contributed by atoms with E-state index in [9.17, 15) is 21.6 Å². The van der Waals surface area contributed by atoms with Crippen LogP contribution in [0.5, 0.6) is 5.75 Å². The van der Waals surface area contributed by atoms with Gasteiger partial charge in [-0.25, -0.2) is 13.1 Å². The number of halogens is 6. The Balaban J connectivity index is 0.00000420. The Hall–Kier alpha value is -0.950. The van der Waals surface area contributed by atoms with Crippen molar-refractivity contribution < 1.29 is 26.3 Å². The largest absolute Gasteiger partial charge is 0.573 e. The van der Waals surface area contributed by atoms with Crippen LogP contribution >= 0.6 is 40.7 Å². The number of guanidine groups is 1. The lowest BCUT2D eigenvalue weighted by molar-refractivity contribution is -0.275. The second-order valence-electron chi connectivity index (χ2n) is 6.64. The van der Waals surface area contributed by atoms with Crippen molar-refractivity contribution in [2.45, 2.75) is 36.9 Å². The van der Waals surface area contributed by atoms with Crippen molar-refractivity contribution in [2.75, 3.05) is 13.1 Å². The first-order chi connectivity index (χ1) is 13.0. The van der Waals surface area contributed by atoms with Crippen LogP contribution in [0.1, 0.15) is 25.7 Å². The van der Waals surface area contributed by atoms with Crippen LogP contribution in [0.15, 0.2) is 32.6 Å². The van der Waals surface area contributed by atoms with Crippen molar-refractivity contribution in [3.05, 3.63) is 22.7 Å². The number of sulfonamides is 1. The number of benzene rings is 1. The number of nitrogens with one attached hydrogen (secondary N) is 1. The minimum absolute atomic E-state index is 0. The standard InChI is InChI=1S/C16H22BrF3N4O3S.2ClH/c17-12-5-6-13(27-16(18,19)20)14(7-12)28(25,26)24-9-11-3-1-10(2-4-11)8-23-15(21)22;;/h5-7,10-11,24H,1-4,8-9H2,(H4,21,22,23);2*1H. The lowest BCUT2D eigenvalue weighted by Gasteiger charge is -2.27. The Morgan fingerprint density at radius 3 is 2.27 bits per heavy atom. The molecule has 0 bridgehead atoms. The van der Waals surface area contributed by atoms with Gasteiger partial charge in [-0.2, -0.15) is 0 Å². The lowest BCUT2D eigenvalue weighted by Crippen LogP contribution is -2.32. The monoisotopic (exact) mass is 558 g/mol. The summed E-state index contributed by atoms with van der Waals surface area (Å²) in [6.07, 6.45) is -1.74. The highest BCUT2D eigenvalue weighted by Gasteiger charge is 2.34. The first-order valence-electron chi connectivity index (χ1n) is 8.56. The molecule has 174 valence electrons. The maximum Gasteiger partial charge on any atom is 0.573 e. The molecule has 1 aromatic carbocycles. The van der Waals surface area contributed by atoms with Crippen LogP contribution < -0.4 is 20.9 Å². The SMILES string of the molecule is Cl.Cl.NC(N)=NCC1CCC(CNS(=O)(=O)c2cc(Br)ccc2OC(F)(F)F)CC1. The molecule has 0 atom stereocenters.